The number of rotatable bonds is 3. The van der Waals surface area contributed by atoms with Gasteiger partial charge in [-0.25, -0.2) is 0 Å². The summed E-state index contributed by atoms with van der Waals surface area (Å²) < 4.78 is 0. The highest BCUT2D eigenvalue weighted by Crippen LogP contribution is 2.44. The largest absolute Gasteiger partial charge is 0.369 e. The Hall–Kier alpha value is -1.06. The van der Waals surface area contributed by atoms with Crippen molar-refractivity contribution in [2.24, 2.45) is 5.73 Å². The lowest BCUT2D eigenvalue weighted by Crippen LogP contribution is -2.43. The molecule has 2 aliphatic rings. The highest BCUT2D eigenvalue weighted by atomic mass is 15.2. The molecule has 0 unspecified atom stereocenters. The lowest BCUT2D eigenvalue weighted by Gasteiger charge is -2.31. The highest BCUT2D eigenvalue weighted by molar-refractivity contribution is 5.58. The summed E-state index contributed by atoms with van der Waals surface area (Å²) in [4.78, 5) is 2.52. The Labute approximate surface area is 103 Å². The molecule has 0 bridgehead atoms. The number of nitrogens with one attached hydrogen (secondary N) is 1. The SMILES string of the molecule is NCc1ccc(N2CCNCC2)c(C2CC2)c1. The van der Waals surface area contributed by atoms with E-state index in [9.17, 15) is 0 Å². The van der Waals surface area contributed by atoms with Crippen molar-refractivity contribution in [3.8, 4) is 0 Å². The van der Waals surface area contributed by atoms with Crippen molar-refractivity contribution in [3.63, 3.8) is 0 Å². The van der Waals surface area contributed by atoms with Gasteiger partial charge < -0.3 is 16.0 Å². The fraction of sp³-hybridized carbons (Fsp3) is 0.571. The molecule has 3 nitrogen and oxygen atoms in total. The van der Waals surface area contributed by atoms with Crippen molar-refractivity contribution >= 4 is 5.69 Å². The predicted octanol–water partition coefficient (Wildman–Crippen LogP) is 1.43. The molecule has 1 aliphatic carbocycles. The first-order valence-electron chi connectivity index (χ1n) is 6.67. The van der Waals surface area contributed by atoms with Crippen molar-refractivity contribution in [1.82, 2.24) is 5.32 Å². The second kappa shape index (κ2) is 4.67. The molecular formula is C14H21N3. The number of nitrogens with two attached hydrogens (primary N) is 1. The summed E-state index contributed by atoms with van der Waals surface area (Å²) in [6.07, 6.45) is 2.71. The quantitative estimate of drug-likeness (QED) is 0.827. The second-order valence-electron chi connectivity index (χ2n) is 5.11. The number of benzene rings is 1. The summed E-state index contributed by atoms with van der Waals surface area (Å²) >= 11 is 0. The third kappa shape index (κ3) is 2.31. The van der Waals surface area contributed by atoms with Crippen molar-refractivity contribution in [1.29, 1.82) is 0 Å². The number of piperazine rings is 1. The molecule has 0 aromatic heterocycles. The van der Waals surface area contributed by atoms with Crippen LogP contribution in [0, 0.1) is 0 Å². The molecule has 0 amide bonds. The molecule has 1 aromatic rings. The van der Waals surface area contributed by atoms with E-state index in [1.807, 2.05) is 0 Å². The molecule has 0 spiro atoms. The van der Waals surface area contributed by atoms with E-state index in [2.05, 4.69) is 28.4 Å². The average molecular weight is 231 g/mol. The van der Waals surface area contributed by atoms with Crippen molar-refractivity contribution in [3.05, 3.63) is 29.3 Å². The molecule has 2 fully saturated rings. The van der Waals surface area contributed by atoms with E-state index in [-0.39, 0.29) is 0 Å². The number of hydrogen-bond donors (Lipinski definition) is 2. The van der Waals surface area contributed by atoms with Gasteiger partial charge in [0.15, 0.2) is 0 Å². The maximum absolute atomic E-state index is 5.74. The van der Waals surface area contributed by atoms with Gasteiger partial charge in [0.1, 0.15) is 0 Å². The van der Waals surface area contributed by atoms with E-state index in [1.165, 1.54) is 29.7 Å². The zero-order valence-electron chi connectivity index (χ0n) is 10.3. The number of hydrogen-bond acceptors (Lipinski definition) is 3. The Morgan fingerprint density at radius 1 is 1.24 bits per heavy atom. The van der Waals surface area contributed by atoms with Crippen LogP contribution in [0.5, 0.6) is 0 Å². The topological polar surface area (TPSA) is 41.3 Å². The van der Waals surface area contributed by atoms with Crippen molar-refractivity contribution in [2.45, 2.75) is 25.3 Å². The fourth-order valence-corrected chi connectivity index (χ4v) is 2.65. The highest BCUT2D eigenvalue weighted by Gasteiger charge is 2.28. The maximum Gasteiger partial charge on any atom is 0.0402 e. The van der Waals surface area contributed by atoms with Gasteiger partial charge in [0.05, 0.1) is 0 Å². The predicted molar refractivity (Wildman–Crippen MR) is 71.4 cm³/mol. The molecule has 17 heavy (non-hydrogen) atoms. The van der Waals surface area contributed by atoms with Crippen LogP contribution < -0.4 is 16.0 Å². The van der Waals surface area contributed by atoms with E-state index in [1.54, 1.807) is 0 Å². The third-order valence-electron chi connectivity index (χ3n) is 3.80. The van der Waals surface area contributed by atoms with Gasteiger partial charge in [-0.2, -0.15) is 0 Å². The Kier molecular flexibility index (Phi) is 3.04. The van der Waals surface area contributed by atoms with Crippen LogP contribution in [0.15, 0.2) is 18.2 Å². The maximum atomic E-state index is 5.74. The lowest BCUT2D eigenvalue weighted by molar-refractivity contribution is 0.587. The van der Waals surface area contributed by atoms with Gasteiger partial charge in [-0.1, -0.05) is 12.1 Å². The molecule has 3 heteroatoms. The number of nitrogens with zero attached hydrogens (tertiary/aromatic N) is 1. The molecule has 0 radical (unpaired) electrons. The summed E-state index contributed by atoms with van der Waals surface area (Å²) in [6.45, 7) is 5.11. The summed E-state index contributed by atoms with van der Waals surface area (Å²) in [5.74, 6) is 0.798. The Morgan fingerprint density at radius 3 is 2.65 bits per heavy atom. The molecular weight excluding hydrogens is 210 g/mol. The van der Waals surface area contributed by atoms with E-state index < -0.39 is 0 Å². The molecule has 1 aliphatic heterocycles. The molecule has 3 N–H and O–H groups in total. The zero-order chi connectivity index (χ0) is 11.7. The molecule has 1 saturated heterocycles. The standard InChI is InChI=1S/C14H21N3/c15-10-11-1-4-14(13(9-11)12-2-3-12)17-7-5-16-6-8-17/h1,4,9,12,16H,2-3,5-8,10,15H2. The van der Waals surface area contributed by atoms with Gasteiger partial charge in [0.25, 0.3) is 0 Å². The van der Waals surface area contributed by atoms with Crippen LogP contribution in [0.1, 0.15) is 29.9 Å². The van der Waals surface area contributed by atoms with E-state index >= 15 is 0 Å². The number of anilines is 1. The van der Waals surface area contributed by atoms with E-state index in [0.29, 0.717) is 6.54 Å². The lowest BCUT2D eigenvalue weighted by atomic mass is 10.0. The van der Waals surface area contributed by atoms with Crippen LogP contribution in [-0.4, -0.2) is 26.2 Å². The van der Waals surface area contributed by atoms with Crippen LogP contribution >= 0.6 is 0 Å². The molecule has 3 rings (SSSR count). The Balaban J connectivity index is 1.90. The van der Waals surface area contributed by atoms with Gasteiger partial charge in [0.2, 0.25) is 0 Å². The second-order valence-corrected chi connectivity index (χ2v) is 5.11. The fourth-order valence-electron chi connectivity index (χ4n) is 2.65. The first-order chi connectivity index (χ1) is 8.38. The van der Waals surface area contributed by atoms with Gasteiger partial charge in [0, 0.05) is 38.4 Å². The van der Waals surface area contributed by atoms with Crippen LogP contribution in [0.25, 0.3) is 0 Å². The average Bonchev–Trinajstić information content (AvgIpc) is 3.23. The minimum Gasteiger partial charge on any atom is -0.369 e. The van der Waals surface area contributed by atoms with Gasteiger partial charge >= 0.3 is 0 Å². The normalized spacial score (nSPS) is 20.6. The Bertz CT molecular complexity index is 392. The summed E-state index contributed by atoms with van der Waals surface area (Å²) in [6, 6.07) is 6.79. The van der Waals surface area contributed by atoms with Gasteiger partial charge in [-0.05, 0) is 36.0 Å². The molecule has 92 valence electrons. The van der Waals surface area contributed by atoms with Crippen LogP contribution in [0.2, 0.25) is 0 Å². The molecule has 1 aromatic carbocycles. The molecule has 0 atom stereocenters. The molecule has 1 heterocycles. The van der Waals surface area contributed by atoms with E-state index in [0.717, 1.165) is 32.1 Å². The minimum atomic E-state index is 0.654. The van der Waals surface area contributed by atoms with Crippen LogP contribution in [-0.2, 0) is 6.54 Å². The smallest absolute Gasteiger partial charge is 0.0402 e. The van der Waals surface area contributed by atoms with Crippen molar-refractivity contribution < 1.29 is 0 Å². The van der Waals surface area contributed by atoms with Gasteiger partial charge in [-0.3, -0.25) is 0 Å². The first kappa shape index (κ1) is 11.1. The van der Waals surface area contributed by atoms with E-state index in [4.69, 9.17) is 5.73 Å². The first-order valence-corrected chi connectivity index (χ1v) is 6.67. The zero-order valence-corrected chi connectivity index (χ0v) is 10.3. The Morgan fingerprint density at radius 2 is 2.00 bits per heavy atom. The minimum absolute atomic E-state index is 0.654. The molecule has 1 saturated carbocycles. The van der Waals surface area contributed by atoms with Crippen LogP contribution in [0.4, 0.5) is 5.69 Å². The monoisotopic (exact) mass is 231 g/mol. The summed E-state index contributed by atoms with van der Waals surface area (Å²) in [5, 5.41) is 3.41. The van der Waals surface area contributed by atoms with Crippen LogP contribution in [0.3, 0.4) is 0 Å². The van der Waals surface area contributed by atoms with Crippen molar-refractivity contribution in [2.75, 3.05) is 31.1 Å². The third-order valence-corrected chi connectivity index (χ3v) is 3.80. The van der Waals surface area contributed by atoms with Gasteiger partial charge in [-0.15, -0.1) is 0 Å². The summed E-state index contributed by atoms with van der Waals surface area (Å²) in [5.41, 5.74) is 10.0. The summed E-state index contributed by atoms with van der Waals surface area (Å²) in [7, 11) is 0.